The first-order valence-corrected chi connectivity index (χ1v) is 14.4. The molecule has 3 aromatic rings. The van der Waals surface area contributed by atoms with Crippen LogP contribution in [-0.4, -0.2) is 55.6 Å². The Bertz CT molecular complexity index is 1540. The molecule has 1 saturated heterocycles. The summed E-state index contributed by atoms with van der Waals surface area (Å²) in [6, 6.07) is 11.8. The smallest absolute Gasteiger partial charge is 0.464 e. The van der Waals surface area contributed by atoms with E-state index in [-0.39, 0.29) is 23.9 Å². The van der Waals surface area contributed by atoms with E-state index in [1.165, 1.54) is 35.7 Å². The fourth-order valence-corrected chi connectivity index (χ4v) is 5.83. The van der Waals surface area contributed by atoms with Crippen LogP contribution < -0.4 is 15.3 Å². The number of hydrogen-bond acceptors (Lipinski definition) is 12. The minimum atomic E-state index is -4.37. The predicted octanol–water partition coefficient (Wildman–Crippen LogP) is 2.15. The Labute approximate surface area is 234 Å². The van der Waals surface area contributed by atoms with Crippen molar-refractivity contribution in [2.75, 3.05) is 12.3 Å². The van der Waals surface area contributed by atoms with Crippen LogP contribution in [0.2, 0.25) is 0 Å². The molecular formula is C26H29N6O8P. The van der Waals surface area contributed by atoms with Crippen LogP contribution in [0.4, 0.5) is 5.82 Å². The second-order valence-electron chi connectivity index (χ2n) is 9.81. The number of fused-ring (bicyclic) bond motifs is 1. The molecule has 5 N–H and O–H groups in total. The van der Waals surface area contributed by atoms with Gasteiger partial charge in [0.25, 0.3) is 5.60 Å². The van der Waals surface area contributed by atoms with Crippen LogP contribution in [0.25, 0.3) is 5.52 Å². The lowest BCUT2D eigenvalue weighted by molar-refractivity contribution is -0.147. The van der Waals surface area contributed by atoms with Crippen LogP contribution in [0.3, 0.4) is 0 Å². The van der Waals surface area contributed by atoms with Crippen LogP contribution in [0.15, 0.2) is 60.8 Å². The van der Waals surface area contributed by atoms with E-state index in [4.69, 9.17) is 24.3 Å². The highest BCUT2D eigenvalue weighted by Crippen LogP contribution is 2.48. The summed E-state index contributed by atoms with van der Waals surface area (Å²) in [5.74, 6) is -0.477. The van der Waals surface area contributed by atoms with Crippen LogP contribution in [0.1, 0.15) is 31.9 Å². The number of aliphatic hydroxyl groups excluding tert-OH is 2. The topological polar surface area (TPSA) is 204 Å². The molecular weight excluding hydrogens is 555 g/mol. The monoisotopic (exact) mass is 584 g/mol. The van der Waals surface area contributed by atoms with E-state index in [1.54, 1.807) is 18.2 Å². The third kappa shape index (κ3) is 5.57. The standard InChI is InChI=1S/C26H29N6O8P/c1-16(25(35)37-12-17-6-5-7-17)31-41(36,40-18-8-3-2-4-9-18)38-13-20-22(33)23(34)26(14-27,39-20)21-11-10-19-24(28)29-15-30-32(19)21/h2-4,8-11,13,15-17,22-23,33-34H,5-7,12H2,1H3,(H,31,36)(H2,28,29,30)/b20-13+/t16-,22+,23+,26-,41?/m0/s1. The highest BCUT2D eigenvalue weighted by molar-refractivity contribution is 7.52. The third-order valence-electron chi connectivity index (χ3n) is 6.98. The van der Waals surface area contributed by atoms with Gasteiger partial charge in [-0.3, -0.25) is 4.79 Å². The maximum atomic E-state index is 13.8. The molecule has 2 fully saturated rings. The number of carbonyl (C=O) groups is 1. The van der Waals surface area contributed by atoms with Crippen molar-refractivity contribution in [3.63, 3.8) is 0 Å². The summed E-state index contributed by atoms with van der Waals surface area (Å²) in [4.78, 5) is 16.5. The Kier molecular flexibility index (Phi) is 7.88. The highest BCUT2D eigenvalue weighted by atomic mass is 31.2. The molecule has 2 aliphatic rings. The summed E-state index contributed by atoms with van der Waals surface area (Å²) < 4.78 is 37.2. The fourth-order valence-electron chi connectivity index (χ4n) is 4.46. The Hall–Kier alpha value is -4.15. The normalized spacial score (nSPS) is 25.5. The van der Waals surface area contributed by atoms with Crippen molar-refractivity contribution in [3.8, 4) is 11.8 Å². The molecule has 0 amide bonds. The average Bonchev–Trinajstić information content (AvgIpc) is 3.48. The van der Waals surface area contributed by atoms with Crippen LogP contribution >= 0.6 is 7.75 Å². The zero-order valence-electron chi connectivity index (χ0n) is 22.0. The first-order valence-electron chi connectivity index (χ1n) is 12.9. The lowest BCUT2D eigenvalue weighted by atomic mass is 9.86. The van der Waals surface area contributed by atoms with E-state index < -0.39 is 43.3 Å². The van der Waals surface area contributed by atoms with Crippen molar-refractivity contribution in [3.05, 3.63) is 66.5 Å². The summed E-state index contributed by atoms with van der Waals surface area (Å²) in [5.41, 5.74) is 4.15. The molecule has 1 aromatic carbocycles. The number of nitrogens with one attached hydrogen (secondary N) is 1. The van der Waals surface area contributed by atoms with Gasteiger partial charge in [0, 0.05) is 0 Å². The number of anilines is 1. The van der Waals surface area contributed by atoms with Crippen molar-refractivity contribution < 1.29 is 38.1 Å². The van der Waals surface area contributed by atoms with Gasteiger partial charge in [-0.2, -0.15) is 15.4 Å². The molecule has 1 aliphatic carbocycles. The van der Waals surface area contributed by atoms with Crippen molar-refractivity contribution in [2.45, 2.75) is 50.0 Å². The summed E-state index contributed by atoms with van der Waals surface area (Å²) in [5, 5.41) is 38.4. The number of carbonyl (C=O) groups excluding carboxylic acids is 1. The molecule has 1 unspecified atom stereocenters. The van der Waals surface area contributed by atoms with Crippen molar-refractivity contribution in [1.29, 1.82) is 5.26 Å². The molecule has 216 valence electrons. The van der Waals surface area contributed by atoms with Gasteiger partial charge in [0.2, 0.25) is 0 Å². The van der Waals surface area contributed by atoms with Gasteiger partial charge in [0.05, 0.1) is 6.61 Å². The van der Waals surface area contributed by atoms with E-state index in [0.29, 0.717) is 11.4 Å². The summed E-state index contributed by atoms with van der Waals surface area (Å²) in [6.45, 7) is 1.70. The van der Waals surface area contributed by atoms with Crippen LogP contribution in [0, 0.1) is 17.2 Å². The number of rotatable bonds is 10. The number of nitriles is 1. The van der Waals surface area contributed by atoms with E-state index in [9.17, 15) is 24.8 Å². The SMILES string of the molecule is C[C@H](NP(=O)(O/C=C1/O[C@@](C#N)(c2ccc3c(N)ncnn23)[C@H](O)[C@@H]1O)Oc1ccccc1)C(=O)OCC1CCC1. The number of aliphatic hydroxyl groups is 2. The third-order valence-corrected chi connectivity index (χ3v) is 8.52. The number of hydrogen-bond donors (Lipinski definition) is 4. The molecule has 1 saturated carbocycles. The van der Waals surface area contributed by atoms with Gasteiger partial charge in [-0.15, -0.1) is 0 Å². The number of ether oxygens (including phenoxy) is 2. The zero-order valence-corrected chi connectivity index (χ0v) is 22.9. The number of nitrogen functional groups attached to an aromatic ring is 1. The van der Waals surface area contributed by atoms with Crippen LogP contribution in [0.5, 0.6) is 5.75 Å². The van der Waals surface area contributed by atoms with Gasteiger partial charge in [-0.25, -0.2) is 14.1 Å². The highest BCUT2D eigenvalue weighted by Gasteiger charge is 2.57. The van der Waals surface area contributed by atoms with E-state index in [2.05, 4.69) is 15.2 Å². The molecule has 2 aromatic heterocycles. The fraction of sp³-hybridized carbons (Fsp3) is 0.385. The number of benzene rings is 1. The second kappa shape index (κ2) is 11.4. The van der Waals surface area contributed by atoms with Gasteiger partial charge in [-0.05, 0) is 49.9 Å². The van der Waals surface area contributed by atoms with Gasteiger partial charge in [0.1, 0.15) is 53.9 Å². The number of esters is 1. The Morgan fingerprint density at radius 2 is 2.10 bits per heavy atom. The van der Waals surface area contributed by atoms with Gasteiger partial charge in [-0.1, -0.05) is 24.6 Å². The average molecular weight is 585 g/mol. The summed E-state index contributed by atoms with van der Waals surface area (Å²) >= 11 is 0. The number of nitrogens with two attached hydrogens (primary N) is 1. The molecule has 5 rings (SSSR count). The van der Waals surface area contributed by atoms with Crippen LogP contribution in [-0.2, 0) is 29.0 Å². The van der Waals surface area contributed by atoms with E-state index >= 15 is 0 Å². The van der Waals surface area contributed by atoms with Crippen molar-refractivity contribution in [2.24, 2.45) is 5.92 Å². The number of nitrogens with zero attached hydrogens (tertiary/aromatic N) is 4. The molecule has 1 aliphatic heterocycles. The lowest BCUT2D eigenvalue weighted by Gasteiger charge is -2.26. The number of para-hydroxylation sites is 1. The van der Waals surface area contributed by atoms with Gasteiger partial charge in [0.15, 0.2) is 11.6 Å². The van der Waals surface area contributed by atoms with Crippen molar-refractivity contribution >= 4 is 25.1 Å². The molecule has 5 atom stereocenters. The second-order valence-corrected chi connectivity index (χ2v) is 11.5. The minimum Gasteiger partial charge on any atom is -0.464 e. The van der Waals surface area contributed by atoms with E-state index in [1.807, 2.05) is 6.07 Å². The maximum absolute atomic E-state index is 13.8. The Balaban J connectivity index is 1.39. The molecule has 0 radical (unpaired) electrons. The summed E-state index contributed by atoms with van der Waals surface area (Å²) in [6.07, 6.45) is 1.42. The minimum absolute atomic E-state index is 0.0590. The first kappa shape index (κ1) is 28.4. The molecule has 0 spiro atoms. The zero-order chi connectivity index (χ0) is 29.2. The molecule has 15 heteroatoms. The number of aromatic nitrogens is 3. The first-order chi connectivity index (χ1) is 19.7. The van der Waals surface area contributed by atoms with E-state index in [0.717, 1.165) is 31.9 Å². The largest absolute Gasteiger partial charge is 0.513 e. The van der Waals surface area contributed by atoms with Gasteiger partial charge >= 0.3 is 13.7 Å². The van der Waals surface area contributed by atoms with Crippen molar-refractivity contribution in [1.82, 2.24) is 19.7 Å². The molecule has 41 heavy (non-hydrogen) atoms. The maximum Gasteiger partial charge on any atom is 0.513 e. The quantitative estimate of drug-likeness (QED) is 0.153. The molecule has 3 heterocycles. The Morgan fingerprint density at radius 1 is 1.34 bits per heavy atom. The lowest BCUT2D eigenvalue weighted by Crippen LogP contribution is -2.40. The Morgan fingerprint density at radius 3 is 2.78 bits per heavy atom. The predicted molar refractivity (Wildman–Crippen MR) is 143 cm³/mol. The van der Waals surface area contributed by atoms with Gasteiger partial charge < -0.3 is 34.5 Å². The molecule has 0 bridgehead atoms. The molecule has 14 nitrogen and oxygen atoms in total. The summed E-state index contributed by atoms with van der Waals surface area (Å²) in [7, 11) is -4.37.